The van der Waals surface area contributed by atoms with Crippen LogP contribution < -0.4 is 19.8 Å². The molecular formula is C44H50Cl2N6O7S. The molecule has 3 N–H and O–H groups in total. The summed E-state index contributed by atoms with van der Waals surface area (Å²) in [6.07, 6.45) is 5.00. The van der Waals surface area contributed by atoms with Gasteiger partial charge in [0, 0.05) is 74.7 Å². The number of halogens is 2. The molecular weight excluding hydrogens is 827 g/mol. The normalized spacial score (nSPS) is 18.0. The van der Waals surface area contributed by atoms with E-state index in [1.165, 1.54) is 53.1 Å². The van der Waals surface area contributed by atoms with E-state index in [1.807, 2.05) is 17.1 Å². The summed E-state index contributed by atoms with van der Waals surface area (Å²) in [5.74, 6) is -0.390. The van der Waals surface area contributed by atoms with Gasteiger partial charge in [0.2, 0.25) is 0 Å². The zero-order valence-corrected chi connectivity index (χ0v) is 36.2. The van der Waals surface area contributed by atoms with E-state index >= 15 is 0 Å². The Kier molecular flexibility index (Phi) is 13.0. The topological polar surface area (TPSA) is 158 Å². The zero-order valence-electron chi connectivity index (χ0n) is 33.9. The molecule has 0 bridgehead atoms. The van der Waals surface area contributed by atoms with Gasteiger partial charge in [0.1, 0.15) is 22.9 Å². The van der Waals surface area contributed by atoms with E-state index in [9.17, 15) is 28.4 Å². The Morgan fingerprint density at radius 3 is 2.33 bits per heavy atom. The minimum atomic E-state index is -4.59. The zero-order chi connectivity index (χ0) is 42.8. The first-order valence-electron chi connectivity index (χ1n) is 20.2. The van der Waals surface area contributed by atoms with Gasteiger partial charge in [-0.25, -0.2) is 18.1 Å². The van der Waals surface area contributed by atoms with Gasteiger partial charge in [-0.05, 0) is 103 Å². The maximum Gasteiger partial charge on any atom is 0.295 e. The van der Waals surface area contributed by atoms with Crippen molar-refractivity contribution < 1.29 is 28.0 Å². The number of nitro benzene ring substituents is 1. The molecule has 2 heterocycles. The number of nitrogens with zero attached hydrogens (tertiary/aromatic N) is 4. The van der Waals surface area contributed by atoms with Crippen molar-refractivity contribution in [2.75, 3.05) is 56.1 Å². The SMILES string of the molecule is CC1CCN(Nc2ccc(S(=O)(=O)NC(=O)c3ccc(N4CCN(CC5=C(c6ccc(Cl)cc6)CC(C)(C)CC5)CC4)cc3Oc3ccc(O)cc3Cl)cc2[N+](=O)[O-])CC1. The van der Waals surface area contributed by atoms with Crippen molar-refractivity contribution in [3.05, 3.63) is 116 Å². The summed E-state index contributed by atoms with van der Waals surface area (Å²) < 4.78 is 35.5. The summed E-state index contributed by atoms with van der Waals surface area (Å²) in [6, 6.07) is 20.6. The van der Waals surface area contributed by atoms with Gasteiger partial charge in [-0.3, -0.25) is 19.8 Å². The molecule has 0 radical (unpaired) electrons. The van der Waals surface area contributed by atoms with Crippen LogP contribution in [0.3, 0.4) is 0 Å². The number of phenolic OH excluding ortho intramolecular Hbond substituents is 1. The molecule has 1 aliphatic carbocycles. The monoisotopic (exact) mass is 876 g/mol. The number of piperidine rings is 1. The van der Waals surface area contributed by atoms with E-state index in [1.54, 1.807) is 12.1 Å². The Morgan fingerprint density at radius 2 is 1.65 bits per heavy atom. The lowest BCUT2D eigenvalue weighted by molar-refractivity contribution is -0.384. The van der Waals surface area contributed by atoms with Crippen LogP contribution in [0.5, 0.6) is 17.2 Å². The second-order valence-corrected chi connectivity index (χ2v) is 19.3. The predicted octanol–water partition coefficient (Wildman–Crippen LogP) is 9.36. The maximum absolute atomic E-state index is 13.8. The van der Waals surface area contributed by atoms with E-state index in [-0.39, 0.29) is 38.9 Å². The Morgan fingerprint density at radius 1 is 0.933 bits per heavy atom. The van der Waals surface area contributed by atoms with Gasteiger partial charge < -0.3 is 20.2 Å². The van der Waals surface area contributed by atoms with Crippen LogP contribution in [0, 0.1) is 21.4 Å². The number of carbonyl (C=O) groups is 1. The van der Waals surface area contributed by atoms with Crippen molar-refractivity contribution in [2.24, 2.45) is 11.3 Å². The van der Waals surface area contributed by atoms with Crippen molar-refractivity contribution in [1.29, 1.82) is 0 Å². The quantitative estimate of drug-likeness (QED) is 0.0920. The number of phenols is 1. The number of aromatic hydroxyl groups is 1. The van der Waals surface area contributed by atoms with E-state index < -0.39 is 31.4 Å². The molecule has 3 aliphatic rings. The highest BCUT2D eigenvalue weighted by Crippen LogP contribution is 2.44. The molecule has 0 atom stereocenters. The van der Waals surface area contributed by atoms with Crippen LogP contribution in [0.2, 0.25) is 10.0 Å². The lowest BCUT2D eigenvalue weighted by Crippen LogP contribution is -2.47. The molecule has 13 nitrogen and oxygen atoms in total. The van der Waals surface area contributed by atoms with E-state index in [2.05, 4.69) is 52.9 Å². The molecule has 16 heteroatoms. The maximum atomic E-state index is 13.8. The van der Waals surface area contributed by atoms with Gasteiger partial charge >= 0.3 is 0 Å². The predicted molar refractivity (Wildman–Crippen MR) is 236 cm³/mol. The molecule has 0 spiro atoms. The van der Waals surface area contributed by atoms with Crippen LogP contribution in [0.1, 0.15) is 68.8 Å². The van der Waals surface area contributed by atoms with Crippen molar-refractivity contribution >= 4 is 61.8 Å². The average molecular weight is 878 g/mol. The number of hydrazine groups is 1. The third-order valence-corrected chi connectivity index (χ3v) is 13.5. The van der Waals surface area contributed by atoms with Gasteiger partial charge in [-0.1, -0.05) is 61.7 Å². The lowest BCUT2D eigenvalue weighted by Gasteiger charge is -2.39. The van der Waals surface area contributed by atoms with E-state index in [0.717, 1.165) is 68.5 Å². The molecule has 4 aromatic rings. The van der Waals surface area contributed by atoms with E-state index in [4.69, 9.17) is 27.9 Å². The number of hydrogen-bond acceptors (Lipinski definition) is 11. The minimum absolute atomic E-state index is 0.0270. The van der Waals surface area contributed by atoms with Gasteiger partial charge in [0.15, 0.2) is 0 Å². The fourth-order valence-corrected chi connectivity index (χ4v) is 9.34. The Hall–Kier alpha value is -4.86. The summed E-state index contributed by atoms with van der Waals surface area (Å²) in [5, 5.41) is 24.7. The number of ether oxygens (including phenoxy) is 1. The van der Waals surface area contributed by atoms with Crippen LogP contribution in [-0.4, -0.2) is 80.1 Å². The van der Waals surface area contributed by atoms with Crippen molar-refractivity contribution in [1.82, 2.24) is 14.6 Å². The average Bonchev–Trinajstić information content (AvgIpc) is 3.21. The highest BCUT2D eigenvalue weighted by atomic mass is 35.5. The number of rotatable bonds is 12. The fraction of sp³-hybridized carbons (Fsp3) is 0.386. The van der Waals surface area contributed by atoms with Crippen LogP contribution in [0.4, 0.5) is 17.1 Å². The first-order chi connectivity index (χ1) is 28.5. The molecule has 0 saturated carbocycles. The number of benzene rings is 4. The van der Waals surface area contributed by atoms with Gasteiger partial charge in [-0.2, -0.15) is 0 Å². The number of amides is 1. The molecule has 60 heavy (non-hydrogen) atoms. The number of allylic oxidation sites excluding steroid dienone is 1. The number of piperazine rings is 1. The first kappa shape index (κ1) is 43.2. The summed E-state index contributed by atoms with van der Waals surface area (Å²) >= 11 is 12.6. The molecule has 2 aliphatic heterocycles. The highest BCUT2D eigenvalue weighted by Gasteiger charge is 2.31. The second-order valence-electron chi connectivity index (χ2n) is 16.7. The van der Waals surface area contributed by atoms with Crippen LogP contribution in [-0.2, 0) is 10.0 Å². The number of carbonyl (C=O) groups excluding carboxylic acids is 1. The van der Waals surface area contributed by atoms with Crippen molar-refractivity contribution in [3.63, 3.8) is 0 Å². The Bertz CT molecular complexity index is 2390. The molecule has 0 aromatic heterocycles. The third-order valence-electron chi connectivity index (χ3n) is 11.6. The van der Waals surface area contributed by atoms with Crippen LogP contribution in [0.15, 0.2) is 89.3 Å². The molecule has 7 rings (SSSR count). The minimum Gasteiger partial charge on any atom is -0.508 e. The number of anilines is 2. The Labute approximate surface area is 361 Å². The smallest absolute Gasteiger partial charge is 0.295 e. The van der Waals surface area contributed by atoms with E-state index in [0.29, 0.717) is 32.1 Å². The van der Waals surface area contributed by atoms with Gasteiger partial charge in [0.25, 0.3) is 21.6 Å². The number of nitro groups is 1. The standard InChI is InChI=1S/C44H50Cl2N6O7S/c1-29-15-18-51(19-16-29)47-39-12-10-35(26-40(39)52(55)56)60(57,58)48-43(54)36-11-8-33(24-42(36)59-41-13-9-34(53)25-38(41)46)50-22-20-49(21-23-50)28-31-14-17-44(2,3)27-37(31)30-4-6-32(45)7-5-30/h4-13,24-26,29,47,53H,14-23,27-28H2,1-3H3,(H,48,54). The largest absolute Gasteiger partial charge is 0.508 e. The van der Waals surface area contributed by atoms with Crippen molar-refractivity contribution in [3.8, 4) is 17.2 Å². The number of nitrogens with one attached hydrogen (secondary N) is 2. The summed E-state index contributed by atoms with van der Waals surface area (Å²) in [5.41, 5.74) is 7.67. The molecule has 2 saturated heterocycles. The van der Waals surface area contributed by atoms with Crippen LogP contribution in [0.25, 0.3) is 5.57 Å². The Balaban J connectivity index is 1.09. The summed E-state index contributed by atoms with van der Waals surface area (Å²) in [4.78, 5) is 29.4. The molecule has 2 fully saturated rings. The summed E-state index contributed by atoms with van der Waals surface area (Å²) in [6.45, 7) is 12.0. The molecule has 1 amide bonds. The number of sulfonamides is 1. The molecule has 0 unspecified atom stereocenters. The van der Waals surface area contributed by atoms with Crippen molar-refractivity contribution in [2.45, 2.75) is 57.8 Å². The lowest BCUT2D eigenvalue weighted by atomic mass is 9.72. The first-order valence-corrected chi connectivity index (χ1v) is 22.4. The number of hydrogen-bond donors (Lipinski definition) is 3. The van der Waals surface area contributed by atoms with Crippen LogP contribution >= 0.6 is 23.2 Å². The summed E-state index contributed by atoms with van der Waals surface area (Å²) in [7, 11) is -4.59. The second kappa shape index (κ2) is 18.0. The molecule has 318 valence electrons. The third kappa shape index (κ3) is 10.4. The molecule has 4 aromatic carbocycles. The van der Waals surface area contributed by atoms with Gasteiger partial charge in [0.05, 0.1) is 20.4 Å². The van der Waals surface area contributed by atoms with Gasteiger partial charge in [-0.15, -0.1) is 0 Å². The highest BCUT2D eigenvalue weighted by molar-refractivity contribution is 7.90. The fourth-order valence-electron chi connectivity index (χ4n) is 8.02.